The van der Waals surface area contributed by atoms with Gasteiger partial charge in [-0.25, -0.2) is 0 Å². The number of likely N-dealkylation sites (tertiary alicyclic amines) is 1. The third kappa shape index (κ3) is 1.23. The molecule has 2 atom stereocenters. The standard InChI is InChI=1S/C10H19NO/c1-7-6-8(2)11(5)9(12)10(7,3)4/h7-8H,6H2,1-5H3. The van der Waals surface area contributed by atoms with Crippen LogP contribution in [0.3, 0.4) is 0 Å². The van der Waals surface area contributed by atoms with Gasteiger partial charge in [-0.1, -0.05) is 20.8 Å². The topological polar surface area (TPSA) is 20.3 Å². The number of rotatable bonds is 0. The van der Waals surface area contributed by atoms with Crippen LogP contribution in [-0.4, -0.2) is 23.9 Å². The van der Waals surface area contributed by atoms with E-state index >= 15 is 0 Å². The van der Waals surface area contributed by atoms with Crippen LogP contribution in [0.15, 0.2) is 0 Å². The molecule has 1 fully saturated rings. The van der Waals surface area contributed by atoms with Crippen LogP contribution in [-0.2, 0) is 4.79 Å². The second kappa shape index (κ2) is 2.75. The highest BCUT2D eigenvalue weighted by Gasteiger charge is 2.42. The van der Waals surface area contributed by atoms with Gasteiger partial charge in [-0.15, -0.1) is 0 Å². The first-order chi connectivity index (χ1) is 5.37. The van der Waals surface area contributed by atoms with E-state index in [0.717, 1.165) is 6.42 Å². The van der Waals surface area contributed by atoms with E-state index in [0.29, 0.717) is 12.0 Å². The van der Waals surface area contributed by atoms with Crippen molar-refractivity contribution in [1.29, 1.82) is 0 Å². The van der Waals surface area contributed by atoms with E-state index in [9.17, 15) is 4.79 Å². The van der Waals surface area contributed by atoms with E-state index in [2.05, 4.69) is 13.8 Å². The molecular weight excluding hydrogens is 150 g/mol. The van der Waals surface area contributed by atoms with Crippen molar-refractivity contribution in [3.05, 3.63) is 0 Å². The third-order valence-electron chi connectivity index (χ3n) is 3.46. The monoisotopic (exact) mass is 169 g/mol. The maximum atomic E-state index is 11.8. The molecule has 0 bridgehead atoms. The van der Waals surface area contributed by atoms with Crippen molar-refractivity contribution in [2.75, 3.05) is 7.05 Å². The van der Waals surface area contributed by atoms with Crippen LogP contribution in [0.25, 0.3) is 0 Å². The summed E-state index contributed by atoms with van der Waals surface area (Å²) in [6, 6.07) is 0.403. The molecular formula is C10H19NO. The maximum absolute atomic E-state index is 11.8. The van der Waals surface area contributed by atoms with Gasteiger partial charge in [0.05, 0.1) is 0 Å². The molecule has 1 aliphatic rings. The van der Waals surface area contributed by atoms with Gasteiger partial charge in [-0.05, 0) is 19.3 Å². The van der Waals surface area contributed by atoms with E-state index in [1.807, 2.05) is 25.8 Å². The van der Waals surface area contributed by atoms with Crippen LogP contribution in [0.5, 0.6) is 0 Å². The Morgan fingerprint density at radius 2 is 1.92 bits per heavy atom. The average molecular weight is 169 g/mol. The highest BCUT2D eigenvalue weighted by atomic mass is 16.2. The van der Waals surface area contributed by atoms with E-state index < -0.39 is 0 Å². The van der Waals surface area contributed by atoms with Gasteiger partial charge in [-0.3, -0.25) is 4.79 Å². The van der Waals surface area contributed by atoms with E-state index in [1.54, 1.807) is 0 Å². The lowest BCUT2D eigenvalue weighted by Crippen LogP contribution is -2.52. The Balaban J connectivity index is 2.88. The average Bonchev–Trinajstić information content (AvgIpc) is 1.99. The van der Waals surface area contributed by atoms with Gasteiger partial charge in [0.2, 0.25) is 5.91 Å². The number of carbonyl (C=O) groups excluding carboxylic acids is 1. The molecule has 12 heavy (non-hydrogen) atoms. The van der Waals surface area contributed by atoms with Gasteiger partial charge in [0, 0.05) is 18.5 Å². The summed E-state index contributed by atoms with van der Waals surface area (Å²) in [5.74, 6) is 0.782. The minimum atomic E-state index is -0.165. The van der Waals surface area contributed by atoms with Crippen molar-refractivity contribution >= 4 is 5.91 Å². The van der Waals surface area contributed by atoms with Crippen LogP contribution in [0, 0.1) is 11.3 Å². The van der Waals surface area contributed by atoms with Crippen molar-refractivity contribution in [3.8, 4) is 0 Å². The molecule has 0 N–H and O–H groups in total. The van der Waals surface area contributed by atoms with Crippen LogP contribution in [0.2, 0.25) is 0 Å². The first-order valence-electron chi connectivity index (χ1n) is 4.64. The predicted molar refractivity (Wildman–Crippen MR) is 49.8 cm³/mol. The Kier molecular flexibility index (Phi) is 2.19. The molecule has 1 aliphatic heterocycles. The lowest BCUT2D eigenvalue weighted by atomic mass is 9.72. The van der Waals surface area contributed by atoms with Crippen molar-refractivity contribution in [1.82, 2.24) is 4.90 Å². The summed E-state index contributed by atoms with van der Waals surface area (Å²) >= 11 is 0. The number of nitrogens with zero attached hydrogens (tertiary/aromatic N) is 1. The minimum Gasteiger partial charge on any atom is -0.343 e. The third-order valence-corrected chi connectivity index (χ3v) is 3.46. The summed E-state index contributed by atoms with van der Waals surface area (Å²) < 4.78 is 0. The fraction of sp³-hybridized carbons (Fsp3) is 0.900. The predicted octanol–water partition coefficient (Wildman–Crippen LogP) is 1.90. The molecule has 0 aromatic carbocycles. The van der Waals surface area contributed by atoms with Crippen LogP contribution in [0.4, 0.5) is 0 Å². The Morgan fingerprint density at radius 3 is 2.42 bits per heavy atom. The van der Waals surface area contributed by atoms with Gasteiger partial charge < -0.3 is 4.90 Å². The van der Waals surface area contributed by atoms with Gasteiger partial charge in [0.15, 0.2) is 0 Å². The zero-order valence-corrected chi connectivity index (χ0v) is 8.72. The molecule has 2 heteroatoms. The summed E-state index contributed by atoms with van der Waals surface area (Å²) in [4.78, 5) is 13.7. The zero-order valence-electron chi connectivity index (χ0n) is 8.72. The minimum absolute atomic E-state index is 0.165. The van der Waals surface area contributed by atoms with Crippen LogP contribution >= 0.6 is 0 Å². The highest BCUT2D eigenvalue weighted by molar-refractivity contribution is 5.83. The number of piperidine rings is 1. The first-order valence-corrected chi connectivity index (χ1v) is 4.64. The molecule has 0 spiro atoms. The molecule has 1 saturated heterocycles. The normalized spacial score (nSPS) is 35.4. The smallest absolute Gasteiger partial charge is 0.228 e. The largest absolute Gasteiger partial charge is 0.343 e. The molecule has 0 aliphatic carbocycles. The van der Waals surface area contributed by atoms with E-state index in [4.69, 9.17) is 0 Å². The molecule has 1 rings (SSSR count). The van der Waals surface area contributed by atoms with E-state index in [-0.39, 0.29) is 11.3 Å². The molecule has 70 valence electrons. The molecule has 0 saturated carbocycles. The number of carbonyl (C=O) groups is 1. The van der Waals surface area contributed by atoms with E-state index in [1.165, 1.54) is 0 Å². The van der Waals surface area contributed by atoms with Gasteiger partial charge in [-0.2, -0.15) is 0 Å². The van der Waals surface area contributed by atoms with Crippen molar-refractivity contribution in [2.45, 2.75) is 40.2 Å². The maximum Gasteiger partial charge on any atom is 0.228 e. The molecule has 0 aromatic rings. The van der Waals surface area contributed by atoms with Crippen LogP contribution in [0.1, 0.15) is 34.1 Å². The zero-order chi connectivity index (χ0) is 9.52. The molecule has 0 radical (unpaired) electrons. The lowest BCUT2D eigenvalue weighted by molar-refractivity contribution is -0.149. The molecule has 2 unspecified atom stereocenters. The fourth-order valence-electron chi connectivity index (χ4n) is 1.83. The van der Waals surface area contributed by atoms with Gasteiger partial charge >= 0.3 is 0 Å². The van der Waals surface area contributed by atoms with Crippen molar-refractivity contribution in [2.24, 2.45) is 11.3 Å². The Hall–Kier alpha value is -0.530. The quantitative estimate of drug-likeness (QED) is 0.542. The molecule has 1 amide bonds. The summed E-state index contributed by atoms with van der Waals surface area (Å²) in [5.41, 5.74) is -0.165. The van der Waals surface area contributed by atoms with Gasteiger partial charge in [0.25, 0.3) is 0 Å². The summed E-state index contributed by atoms with van der Waals surface area (Å²) in [7, 11) is 1.90. The highest BCUT2D eigenvalue weighted by Crippen LogP contribution is 2.37. The second-order valence-corrected chi connectivity index (χ2v) is 4.62. The SMILES string of the molecule is CC1CC(C)C(C)(C)C(=O)N1C. The van der Waals surface area contributed by atoms with Gasteiger partial charge in [0.1, 0.15) is 0 Å². The van der Waals surface area contributed by atoms with Crippen LogP contribution < -0.4 is 0 Å². The van der Waals surface area contributed by atoms with Crippen molar-refractivity contribution < 1.29 is 4.79 Å². The number of amides is 1. The van der Waals surface area contributed by atoms with Crippen molar-refractivity contribution in [3.63, 3.8) is 0 Å². The molecule has 2 nitrogen and oxygen atoms in total. The second-order valence-electron chi connectivity index (χ2n) is 4.62. The number of hydrogen-bond acceptors (Lipinski definition) is 1. The summed E-state index contributed by atoms with van der Waals surface area (Å²) in [5, 5.41) is 0. The lowest BCUT2D eigenvalue weighted by Gasteiger charge is -2.44. The summed E-state index contributed by atoms with van der Waals surface area (Å²) in [6.45, 7) is 8.37. The molecule has 1 heterocycles. The Morgan fingerprint density at radius 1 is 1.42 bits per heavy atom. The Labute approximate surface area is 74.9 Å². The first kappa shape index (κ1) is 9.56. The summed E-state index contributed by atoms with van der Waals surface area (Å²) in [6.07, 6.45) is 1.12. The fourth-order valence-corrected chi connectivity index (χ4v) is 1.83. The number of hydrogen-bond donors (Lipinski definition) is 0. The molecule has 0 aromatic heterocycles. The Bertz CT molecular complexity index is 198.